The first-order valence-electron chi connectivity index (χ1n) is 2.79. The Hall–Kier alpha value is -0.350. The Kier molecular flexibility index (Phi) is 6.53. The predicted molar refractivity (Wildman–Crippen MR) is 52.6 cm³/mol. The average molecular weight is 174 g/mol. The van der Waals surface area contributed by atoms with Gasteiger partial charge in [-0.15, -0.1) is 0 Å². The number of nitrogens with zero attached hydrogens (tertiary/aromatic N) is 1. The minimum Gasteiger partial charge on any atom is -0.262 e. The molecule has 0 aliphatic carbocycles. The molecule has 0 aromatic carbocycles. The second-order valence-electron chi connectivity index (χ2n) is 1.41. The third kappa shape index (κ3) is 5.78. The van der Waals surface area contributed by atoms with Crippen molar-refractivity contribution in [2.75, 3.05) is 6.26 Å². The third-order valence-corrected chi connectivity index (χ3v) is 1.75. The van der Waals surface area contributed by atoms with E-state index >= 15 is 0 Å². The van der Waals surface area contributed by atoms with Gasteiger partial charge in [-0.05, 0) is 19.3 Å². The number of thiocarbonyl (C=S) groups is 1. The zero-order valence-electron chi connectivity index (χ0n) is 6.00. The maximum atomic E-state index is 4.82. The SMILES string of the molecule is CC=CC=NNC(=S)SC. The molecule has 4 heteroatoms. The normalized spacial score (nSPS) is 11.0. The van der Waals surface area contributed by atoms with Gasteiger partial charge in [-0.1, -0.05) is 30.1 Å². The molecule has 0 aliphatic rings. The Morgan fingerprint density at radius 2 is 2.40 bits per heavy atom. The summed E-state index contributed by atoms with van der Waals surface area (Å²) in [5.41, 5.74) is 2.68. The summed E-state index contributed by atoms with van der Waals surface area (Å²) < 4.78 is 0.681. The van der Waals surface area contributed by atoms with Crippen molar-refractivity contribution in [2.45, 2.75) is 6.92 Å². The molecule has 0 saturated heterocycles. The molecule has 0 aromatic rings. The van der Waals surface area contributed by atoms with Crippen LogP contribution in [0.3, 0.4) is 0 Å². The molecular weight excluding hydrogens is 164 g/mol. The molecule has 0 fully saturated rings. The van der Waals surface area contributed by atoms with E-state index in [0.29, 0.717) is 4.32 Å². The van der Waals surface area contributed by atoms with E-state index in [-0.39, 0.29) is 0 Å². The van der Waals surface area contributed by atoms with Gasteiger partial charge in [0.05, 0.1) is 0 Å². The molecule has 0 bridgehead atoms. The van der Waals surface area contributed by atoms with Gasteiger partial charge >= 0.3 is 0 Å². The Balaban J connectivity index is 3.43. The summed E-state index contributed by atoms with van der Waals surface area (Å²) in [5.74, 6) is 0. The molecule has 0 aromatic heterocycles. The number of hydrazone groups is 1. The van der Waals surface area contributed by atoms with E-state index < -0.39 is 0 Å². The Bertz CT molecular complexity index is 152. The van der Waals surface area contributed by atoms with Gasteiger partial charge in [0, 0.05) is 6.21 Å². The second-order valence-corrected chi connectivity index (χ2v) is 2.89. The molecule has 2 nitrogen and oxygen atoms in total. The molecule has 0 unspecified atom stereocenters. The molecule has 0 radical (unpaired) electrons. The van der Waals surface area contributed by atoms with Crippen LogP contribution < -0.4 is 5.43 Å². The second kappa shape index (κ2) is 6.77. The molecular formula is C6H10N2S2. The van der Waals surface area contributed by atoms with Crippen molar-refractivity contribution in [3.63, 3.8) is 0 Å². The summed E-state index contributed by atoms with van der Waals surface area (Å²) in [6, 6.07) is 0. The van der Waals surface area contributed by atoms with Crippen LogP contribution in [0.5, 0.6) is 0 Å². The van der Waals surface area contributed by atoms with Gasteiger partial charge in [0.1, 0.15) is 0 Å². The topological polar surface area (TPSA) is 24.4 Å². The van der Waals surface area contributed by atoms with Gasteiger partial charge in [0.15, 0.2) is 4.32 Å². The Morgan fingerprint density at radius 3 is 2.90 bits per heavy atom. The lowest BCUT2D eigenvalue weighted by molar-refractivity contribution is 1.08. The number of hydrogen-bond acceptors (Lipinski definition) is 3. The number of allylic oxidation sites excluding steroid dienone is 2. The van der Waals surface area contributed by atoms with Gasteiger partial charge < -0.3 is 0 Å². The van der Waals surface area contributed by atoms with E-state index in [4.69, 9.17) is 12.2 Å². The molecule has 56 valence electrons. The first-order valence-corrected chi connectivity index (χ1v) is 4.43. The van der Waals surface area contributed by atoms with Crippen molar-refractivity contribution in [3.8, 4) is 0 Å². The monoisotopic (exact) mass is 174 g/mol. The first kappa shape index (κ1) is 9.65. The molecule has 10 heavy (non-hydrogen) atoms. The van der Waals surface area contributed by atoms with Crippen LogP contribution in [0.2, 0.25) is 0 Å². The van der Waals surface area contributed by atoms with Crippen molar-refractivity contribution in [3.05, 3.63) is 12.2 Å². The predicted octanol–water partition coefficient (Wildman–Crippen LogP) is 1.79. The van der Waals surface area contributed by atoms with Crippen molar-refractivity contribution in [1.82, 2.24) is 5.43 Å². The van der Waals surface area contributed by atoms with Crippen molar-refractivity contribution >= 4 is 34.5 Å². The zero-order chi connectivity index (χ0) is 7.82. The number of hydrogen-bond donors (Lipinski definition) is 1. The number of rotatable bonds is 2. The van der Waals surface area contributed by atoms with Crippen LogP contribution >= 0.6 is 24.0 Å². The average Bonchev–Trinajstić information content (AvgIpc) is 1.98. The highest BCUT2D eigenvalue weighted by atomic mass is 32.2. The summed E-state index contributed by atoms with van der Waals surface area (Å²) in [4.78, 5) is 0. The summed E-state index contributed by atoms with van der Waals surface area (Å²) >= 11 is 6.28. The number of nitrogens with one attached hydrogen (secondary N) is 1. The summed E-state index contributed by atoms with van der Waals surface area (Å²) in [6.07, 6.45) is 7.28. The quantitative estimate of drug-likeness (QED) is 0.392. The number of thioether (sulfide) groups is 1. The molecule has 1 N–H and O–H groups in total. The minimum absolute atomic E-state index is 0.681. The van der Waals surface area contributed by atoms with Gasteiger partial charge in [-0.2, -0.15) is 5.10 Å². The van der Waals surface area contributed by atoms with E-state index in [1.54, 1.807) is 6.21 Å². The van der Waals surface area contributed by atoms with E-state index in [1.807, 2.05) is 25.3 Å². The Labute approximate surface area is 70.8 Å². The fourth-order valence-corrected chi connectivity index (χ4v) is 0.461. The maximum Gasteiger partial charge on any atom is 0.153 e. The molecule has 0 rings (SSSR count). The summed E-state index contributed by atoms with van der Waals surface area (Å²) in [5, 5.41) is 3.81. The lowest BCUT2D eigenvalue weighted by atomic mass is 10.6. The van der Waals surface area contributed by atoms with Crippen LogP contribution in [0.25, 0.3) is 0 Å². The molecule has 0 atom stereocenters. The standard InChI is InChI=1S/C6H10N2S2/c1-3-4-5-7-8-6(9)10-2/h3-5H,1-2H3,(H,8,9). The van der Waals surface area contributed by atoms with E-state index in [2.05, 4.69) is 10.5 Å². The lowest BCUT2D eigenvalue weighted by Crippen LogP contribution is -2.09. The van der Waals surface area contributed by atoms with E-state index in [1.165, 1.54) is 11.8 Å². The highest BCUT2D eigenvalue weighted by Crippen LogP contribution is 1.91. The largest absolute Gasteiger partial charge is 0.262 e. The molecule has 0 aliphatic heterocycles. The van der Waals surface area contributed by atoms with Gasteiger partial charge in [-0.25, -0.2) is 0 Å². The van der Waals surface area contributed by atoms with Crippen molar-refractivity contribution < 1.29 is 0 Å². The molecule has 0 heterocycles. The maximum absolute atomic E-state index is 4.82. The third-order valence-electron chi connectivity index (χ3n) is 0.694. The van der Waals surface area contributed by atoms with E-state index in [0.717, 1.165) is 0 Å². The highest BCUT2D eigenvalue weighted by molar-refractivity contribution is 8.22. The summed E-state index contributed by atoms with van der Waals surface area (Å²) in [6.45, 7) is 1.93. The van der Waals surface area contributed by atoms with Gasteiger partial charge in [-0.3, -0.25) is 5.43 Å². The van der Waals surface area contributed by atoms with Crippen LogP contribution in [0.1, 0.15) is 6.92 Å². The van der Waals surface area contributed by atoms with Gasteiger partial charge in [0.25, 0.3) is 0 Å². The summed E-state index contributed by atoms with van der Waals surface area (Å²) in [7, 11) is 0. The lowest BCUT2D eigenvalue weighted by Gasteiger charge is -1.93. The molecule has 0 saturated carbocycles. The minimum atomic E-state index is 0.681. The zero-order valence-corrected chi connectivity index (χ0v) is 7.63. The fraction of sp³-hybridized carbons (Fsp3) is 0.333. The van der Waals surface area contributed by atoms with Crippen molar-refractivity contribution in [1.29, 1.82) is 0 Å². The highest BCUT2D eigenvalue weighted by Gasteiger charge is 1.83. The van der Waals surface area contributed by atoms with Crippen LogP contribution in [-0.4, -0.2) is 16.8 Å². The van der Waals surface area contributed by atoms with Crippen LogP contribution in [0.15, 0.2) is 17.3 Å². The van der Waals surface area contributed by atoms with Crippen molar-refractivity contribution in [2.24, 2.45) is 5.10 Å². The van der Waals surface area contributed by atoms with Gasteiger partial charge in [0.2, 0.25) is 0 Å². The van der Waals surface area contributed by atoms with Crippen LogP contribution in [0.4, 0.5) is 0 Å². The smallest absolute Gasteiger partial charge is 0.153 e. The first-order chi connectivity index (χ1) is 4.81. The van der Waals surface area contributed by atoms with Crippen LogP contribution in [-0.2, 0) is 0 Å². The van der Waals surface area contributed by atoms with E-state index in [9.17, 15) is 0 Å². The van der Waals surface area contributed by atoms with Crippen LogP contribution in [0, 0.1) is 0 Å². The molecule has 0 spiro atoms. The molecule has 0 amide bonds. The fourth-order valence-electron chi connectivity index (χ4n) is 0.265. The Morgan fingerprint density at radius 1 is 1.70 bits per heavy atom.